The molecule has 6 heteroatoms. The molecule has 1 aromatic carbocycles. The number of amides is 1. The number of carboxylic acids is 1. The van der Waals surface area contributed by atoms with Crippen LogP contribution in [0.2, 0.25) is 0 Å². The lowest BCUT2D eigenvalue weighted by molar-refractivity contribution is -0.150. The average Bonchev–Trinajstić information content (AvgIpc) is 2.87. The molecule has 1 amide bonds. The average molecular weight is 281 g/mol. The van der Waals surface area contributed by atoms with Crippen LogP contribution in [0.4, 0.5) is 4.39 Å². The molecule has 0 aromatic heterocycles. The molecule has 0 aliphatic carbocycles. The molecule has 1 aliphatic heterocycles. The molecule has 1 aromatic rings. The highest BCUT2D eigenvalue weighted by Crippen LogP contribution is 2.20. The van der Waals surface area contributed by atoms with E-state index < -0.39 is 23.9 Å². The van der Waals surface area contributed by atoms with Crippen molar-refractivity contribution in [1.29, 1.82) is 0 Å². The maximum Gasteiger partial charge on any atom is 0.326 e. The van der Waals surface area contributed by atoms with Crippen LogP contribution in [0.1, 0.15) is 19.8 Å². The van der Waals surface area contributed by atoms with Crippen LogP contribution < -0.4 is 4.74 Å². The second-order valence-corrected chi connectivity index (χ2v) is 4.75. The molecule has 1 fully saturated rings. The second-order valence-electron chi connectivity index (χ2n) is 4.75. The number of likely N-dealkylation sites (tertiary alicyclic amines) is 1. The Hall–Kier alpha value is -2.11. The zero-order valence-corrected chi connectivity index (χ0v) is 11.1. The van der Waals surface area contributed by atoms with E-state index in [1.165, 1.54) is 30.0 Å². The highest BCUT2D eigenvalue weighted by atomic mass is 19.1. The van der Waals surface area contributed by atoms with Crippen LogP contribution in [0, 0.1) is 5.82 Å². The number of hydrogen-bond donors (Lipinski definition) is 1. The third kappa shape index (κ3) is 3.07. The molecule has 2 atom stereocenters. The van der Waals surface area contributed by atoms with Crippen molar-refractivity contribution in [2.75, 3.05) is 6.54 Å². The van der Waals surface area contributed by atoms with E-state index in [4.69, 9.17) is 9.84 Å². The summed E-state index contributed by atoms with van der Waals surface area (Å²) in [4.78, 5) is 24.6. The number of carboxylic acid groups (broad SMARTS) is 1. The highest BCUT2D eigenvalue weighted by molar-refractivity contribution is 5.86. The van der Waals surface area contributed by atoms with Gasteiger partial charge in [-0.15, -0.1) is 0 Å². The molecule has 1 saturated heterocycles. The highest BCUT2D eigenvalue weighted by Gasteiger charge is 2.36. The van der Waals surface area contributed by atoms with Crippen LogP contribution in [0.3, 0.4) is 0 Å². The Morgan fingerprint density at radius 1 is 1.50 bits per heavy atom. The third-order valence-corrected chi connectivity index (χ3v) is 3.28. The zero-order valence-electron chi connectivity index (χ0n) is 11.1. The summed E-state index contributed by atoms with van der Waals surface area (Å²) in [6.45, 7) is 1.94. The van der Waals surface area contributed by atoms with Gasteiger partial charge < -0.3 is 14.7 Å². The lowest BCUT2D eigenvalue weighted by atomic mass is 10.2. The fraction of sp³-hybridized carbons (Fsp3) is 0.429. The topological polar surface area (TPSA) is 66.8 Å². The Morgan fingerprint density at radius 2 is 2.25 bits per heavy atom. The van der Waals surface area contributed by atoms with Gasteiger partial charge in [0.2, 0.25) is 0 Å². The standard InChI is InChI=1S/C14H16FNO4/c1-9(20-11-5-2-4-10(15)8-11)13(17)16-7-3-6-12(16)14(18)19/h2,4-5,8-9,12H,3,6-7H2,1H3,(H,18,19)/t9?,12-/m1/s1. The van der Waals surface area contributed by atoms with Crippen molar-refractivity contribution in [3.63, 3.8) is 0 Å². The first-order valence-electron chi connectivity index (χ1n) is 6.44. The Labute approximate surface area is 116 Å². The predicted molar refractivity (Wildman–Crippen MR) is 68.9 cm³/mol. The number of nitrogens with zero attached hydrogens (tertiary/aromatic N) is 1. The minimum absolute atomic E-state index is 0.247. The Balaban J connectivity index is 2.03. The van der Waals surface area contributed by atoms with Gasteiger partial charge in [-0.05, 0) is 31.9 Å². The summed E-state index contributed by atoms with van der Waals surface area (Å²) in [5.41, 5.74) is 0. The lowest BCUT2D eigenvalue weighted by Crippen LogP contribution is -2.46. The molecule has 1 N–H and O–H groups in total. The van der Waals surface area contributed by atoms with Gasteiger partial charge in [0, 0.05) is 12.6 Å². The molecule has 1 heterocycles. The summed E-state index contributed by atoms with van der Waals surface area (Å²) in [6, 6.07) is 4.70. The van der Waals surface area contributed by atoms with Crippen LogP contribution >= 0.6 is 0 Å². The number of benzene rings is 1. The van der Waals surface area contributed by atoms with E-state index in [9.17, 15) is 14.0 Å². The van der Waals surface area contributed by atoms with Gasteiger partial charge >= 0.3 is 5.97 Å². The van der Waals surface area contributed by atoms with Crippen molar-refractivity contribution in [2.45, 2.75) is 31.9 Å². The van der Waals surface area contributed by atoms with Gasteiger partial charge in [0.05, 0.1) is 0 Å². The maximum atomic E-state index is 13.0. The van der Waals surface area contributed by atoms with E-state index in [1.807, 2.05) is 0 Å². The molecule has 1 aliphatic rings. The Bertz CT molecular complexity index is 520. The monoisotopic (exact) mass is 281 g/mol. The summed E-state index contributed by atoms with van der Waals surface area (Å²) in [5, 5.41) is 9.06. The minimum Gasteiger partial charge on any atom is -0.481 e. The molecule has 0 radical (unpaired) electrons. The summed E-state index contributed by atoms with van der Waals surface area (Å²) in [6.07, 6.45) is 0.264. The number of aliphatic carboxylic acids is 1. The summed E-state index contributed by atoms with van der Waals surface area (Å²) in [7, 11) is 0. The van der Waals surface area contributed by atoms with Crippen LogP contribution in [0.25, 0.3) is 0 Å². The number of hydrogen-bond acceptors (Lipinski definition) is 3. The molecule has 5 nitrogen and oxygen atoms in total. The van der Waals surface area contributed by atoms with Gasteiger partial charge in [0.1, 0.15) is 17.6 Å². The molecule has 108 valence electrons. The second kappa shape index (κ2) is 5.90. The van der Waals surface area contributed by atoms with E-state index in [0.717, 1.165) is 0 Å². The van der Waals surface area contributed by atoms with Crippen LogP contribution in [0.15, 0.2) is 24.3 Å². The first kappa shape index (κ1) is 14.3. The quantitative estimate of drug-likeness (QED) is 0.911. The SMILES string of the molecule is CC(Oc1cccc(F)c1)C(=O)N1CCC[C@@H]1C(=O)O. The van der Waals surface area contributed by atoms with Crippen molar-refractivity contribution in [2.24, 2.45) is 0 Å². The first-order valence-corrected chi connectivity index (χ1v) is 6.44. The molecule has 0 saturated carbocycles. The van der Waals surface area contributed by atoms with Crippen molar-refractivity contribution >= 4 is 11.9 Å². The summed E-state index contributed by atoms with van der Waals surface area (Å²) >= 11 is 0. The van der Waals surface area contributed by atoms with Gasteiger partial charge in [-0.1, -0.05) is 6.07 Å². The van der Waals surface area contributed by atoms with Crippen molar-refractivity contribution < 1.29 is 23.8 Å². The maximum absolute atomic E-state index is 13.0. The van der Waals surface area contributed by atoms with Crippen molar-refractivity contribution in [3.8, 4) is 5.75 Å². The van der Waals surface area contributed by atoms with E-state index in [-0.39, 0.29) is 11.7 Å². The smallest absolute Gasteiger partial charge is 0.326 e. The molecule has 20 heavy (non-hydrogen) atoms. The molecule has 2 rings (SSSR count). The molecular weight excluding hydrogens is 265 g/mol. The normalized spacial score (nSPS) is 19.7. The number of rotatable bonds is 4. The Kier molecular flexibility index (Phi) is 4.22. The largest absolute Gasteiger partial charge is 0.481 e. The first-order chi connectivity index (χ1) is 9.49. The van der Waals surface area contributed by atoms with Gasteiger partial charge in [0.25, 0.3) is 5.91 Å². The third-order valence-electron chi connectivity index (χ3n) is 3.28. The van der Waals surface area contributed by atoms with E-state index in [1.54, 1.807) is 6.07 Å². The predicted octanol–water partition coefficient (Wildman–Crippen LogP) is 1.67. The van der Waals surface area contributed by atoms with E-state index in [2.05, 4.69) is 0 Å². The van der Waals surface area contributed by atoms with Gasteiger partial charge in [0.15, 0.2) is 6.10 Å². The molecule has 0 bridgehead atoms. The zero-order chi connectivity index (χ0) is 14.7. The summed E-state index contributed by atoms with van der Waals surface area (Å²) < 4.78 is 18.4. The summed E-state index contributed by atoms with van der Waals surface area (Å²) in [5.74, 6) is -1.60. The fourth-order valence-electron chi connectivity index (χ4n) is 2.32. The molecular formula is C14H16FNO4. The number of carbonyl (C=O) groups is 2. The molecule has 1 unspecified atom stereocenters. The fourth-order valence-corrected chi connectivity index (χ4v) is 2.32. The van der Waals surface area contributed by atoms with E-state index in [0.29, 0.717) is 19.4 Å². The Morgan fingerprint density at radius 3 is 2.90 bits per heavy atom. The number of carbonyl (C=O) groups excluding carboxylic acids is 1. The van der Waals surface area contributed by atoms with Gasteiger partial charge in [-0.3, -0.25) is 4.79 Å². The van der Waals surface area contributed by atoms with Crippen LogP contribution in [0.5, 0.6) is 5.75 Å². The van der Waals surface area contributed by atoms with Gasteiger partial charge in [-0.25, -0.2) is 9.18 Å². The van der Waals surface area contributed by atoms with Crippen LogP contribution in [-0.4, -0.2) is 40.6 Å². The van der Waals surface area contributed by atoms with Crippen LogP contribution in [-0.2, 0) is 9.59 Å². The van der Waals surface area contributed by atoms with Crippen molar-refractivity contribution in [3.05, 3.63) is 30.1 Å². The minimum atomic E-state index is -1.01. The van der Waals surface area contributed by atoms with Crippen molar-refractivity contribution in [1.82, 2.24) is 4.90 Å². The van der Waals surface area contributed by atoms with Gasteiger partial charge in [-0.2, -0.15) is 0 Å². The van der Waals surface area contributed by atoms with E-state index >= 15 is 0 Å². The lowest BCUT2D eigenvalue weighted by Gasteiger charge is -2.25. The number of ether oxygens (including phenoxy) is 1. The number of halogens is 1. The molecule has 0 spiro atoms.